The second-order valence-corrected chi connectivity index (χ2v) is 16.4. The van der Waals surface area contributed by atoms with Crippen molar-refractivity contribution in [1.29, 1.82) is 0 Å². The van der Waals surface area contributed by atoms with Crippen LogP contribution >= 0.6 is 0 Å². The average Bonchev–Trinajstić information content (AvgIpc) is 3.08. The minimum Gasteiger partial charge on any atom is -0.462 e. The van der Waals surface area contributed by atoms with E-state index in [4.69, 9.17) is 33.2 Å². The van der Waals surface area contributed by atoms with Crippen LogP contribution in [-0.4, -0.2) is 104 Å². The summed E-state index contributed by atoms with van der Waals surface area (Å²) in [7, 11) is 3.44. The summed E-state index contributed by atoms with van der Waals surface area (Å²) in [5.74, 6) is -7.06. The molecule has 3 aliphatic rings. The smallest absolute Gasteiger partial charge is 0.350 e. The SMILES string of the molecule is C=C1[C@@H](OC(=O)[C@H](OC(C)=O)C(c2ccccc2)N(C)C)C[C@H](OC(C)=O)[C@@]2(C)[C@@H](OC(C)=O)[C@H](OC(C)=O)C3=C(C)[C@@H](OC(C)=O)CC([C@@H](OC(C)=O)[C@H]12)C3(C)C. The molecular formula is C43H57NO14. The highest BCUT2D eigenvalue weighted by Crippen LogP contribution is 2.62. The Morgan fingerprint density at radius 2 is 1.26 bits per heavy atom. The lowest BCUT2D eigenvalue weighted by molar-refractivity contribution is -0.231. The van der Waals surface area contributed by atoms with Gasteiger partial charge in [-0.1, -0.05) is 57.7 Å². The first-order valence-electron chi connectivity index (χ1n) is 19.3. The van der Waals surface area contributed by atoms with E-state index in [0.29, 0.717) is 16.7 Å². The van der Waals surface area contributed by atoms with E-state index >= 15 is 0 Å². The van der Waals surface area contributed by atoms with Gasteiger partial charge in [0.05, 0.1) is 11.5 Å². The van der Waals surface area contributed by atoms with Crippen molar-refractivity contribution in [2.45, 2.75) is 131 Å². The molecule has 0 aromatic heterocycles. The molecule has 0 radical (unpaired) electrons. The maximum absolute atomic E-state index is 14.5. The van der Waals surface area contributed by atoms with Gasteiger partial charge in [-0.3, -0.25) is 33.7 Å². The molecule has 15 nitrogen and oxygen atoms in total. The molecule has 2 bridgehead atoms. The van der Waals surface area contributed by atoms with Crippen LogP contribution in [0.2, 0.25) is 0 Å². The third-order valence-corrected chi connectivity index (χ3v) is 11.8. The predicted molar refractivity (Wildman–Crippen MR) is 206 cm³/mol. The molecule has 4 rings (SSSR count). The number of carbonyl (C=O) groups excluding carboxylic acids is 7. The van der Waals surface area contributed by atoms with Gasteiger partial charge in [0.2, 0.25) is 6.10 Å². The summed E-state index contributed by atoms with van der Waals surface area (Å²) in [5.41, 5.74) is -0.760. The van der Waals surface area contributed by atoms with Crippen LogP contribution < -0.4 is 0 Å². The van der Waals surface area contributed by atoms with Crippen molar-refractivity contribution in [3.05, 3.63) is 59.2 Å². The summed E-state index contributed by atoms with van der Waals surface area (Å²) in [6, 6.07) is 8.13. The molecule has 0 N–H and O–H groups in total. The minimum absolute atomic E-state index is 0.129. The summed E-state index contributed by atoms with van der Waals surface area (Å²) in [5, 5.41) is 0. The number of ether oxygens (including phenoxy) is 7. The van der Waals surface area contributed by atoms with E-state index in [1.54, 1.807) is 63.2 Å². The molecule has 0 aliphatic heterocycles. The zero-order valence-electron chi connectivity index (χ0n) is 35.4. The van der Waals surface area contributed by atoms with Crippen molar-refractivity contribution in [3.63, 3.8) is 0 Å². The standard InChI is InChI=1S/C43H57NO14/c1-21-31(52-23(3)45)19-30-37(54-25(5)47)35-22(2)32(58-41(51)39(56-27(7)49)36(44(12)13)29-17-15-14-16-18-29)20-33(53-24(4)46)43(35,11)40(57-28(8)50)38(55-26(6)48)34(21)42(30,9)10/h14-18,30-33,35-40H,2,19-20H2,1,3-13H3/t30?,31-,32-,33-,35-,36?,37+,38+,39+,40-,43+/m0/s1. The Hall–Kier alpha value is -5.05. The van der Waals surface area contributed by atoms with Crippen LogP contribution in [-0.2, 0) is 66.7 Å². The van der Waals surface area contributed by atoms with Crippen molar-refractivity contribution in [1.82, 2.24) is 4.90 Å². The van der Waals surface area contributed by atoms with Crippen LogP contribution in [0.15, 0.2) is 53.6 Å². The molecule has 0 spiro atoms. The van der Waals surface area contributed by atoms with Crippen molar-refractivity contribution in [2.24, 2.45) is 22.7 Å². The summed E-state index contributed by atoms with van der Waals surface area (Å²) >= 11 is 0. The summed E-state index contributed by atoms with van der Waals surface area (Å²) in [4.78, 5) is 93.7. The number of hydrogen-bond acceptors (Lipinski definition) is 15. The second-order valence-electron chi connectivity index (χ2n) is 16.4. The van der Waals surface area contributed by atoms with Crippen LogP contribution in [0.4, 0.5) is 0 Å². The first-order valence-corrected chi connectivity index (χ1v) is 19.3. The number of fused-ring (bicyclic) bond motifs is 3. The quantitative estimate of drug-likeness (QED) is 0.169. The highest BCUT2D eigenvalue weighted by Gasteiger charge is 2.68. The Kier molecular flexibility index (Phi) is 14.0. The molecule has 2 fully saturated rings. The zero-order chi connectivity index (χ0) is 43.6. The third kappa shape index (κ3) is 9.29. The Balaban J connectivity index is 2.04. The topological polar surface area (TPSA) is 187 Å². The maximum atomic E-state index is 14.5. The molecule has 3 aliphatic carbocycles. The number of esters is 7. The van der Waals surface area contributed by atoms with E-state index in [-0.39, 0.29) is 18.4 Å². The van der Waals surface area contributed by atoms with E-state index in [1.807, 2.05) is 13.8 Å². The van der Waals surface area contributed by atoms with Gasteiger partial charge in [0.1, 0.15) is 24.4 Å². The fourth-order valence-electron chi connectivity index (χ4n) is 9.62. The monoisotopic (exact) mass is 811 g/mol. The second kappa shape index (κ2) is 17.8. The number of likely N-dealkylation sites (N-methyl/N-ethyl adjacent to an activating group) is 1. The fraction of sp³-hybridized carbons (Fsp3) is 0.605. The lowest BCUT2D eigenvalue weighted by Gasteiger charge is -2.61. The van der Waals surface area contributed by atoms with Crippen LogP contribution in [0.1, 0.15) is 93.7 Å². The summed E-state index contributed by atoms with van der Waals surface area (Å²) < 4.78 is 42.4. The maximum Gasteiger partial charge on any atom is 0.350 e. The molecule has 11 atom stereocenters. The van der Waals surface area contributed by atoms with Gasteiger partial charge in [0.25, 0.3) is 0 Å². The molecule has 0 heterocycles. The summed E-state index contributed by atoms with van der Waals surface area (Å²) in [6.07, 6.45) is -8.96. The zero-order valence-corrected chi connectivity index (χ0v) is 35.4. The molecule has 0 saturated heterocycles. The lowest BCUT2D eigenvalue weighted by Crippen LogP contribution is -2.68. The third-order valence-electron chi connectivity index (χ3n) is 11.8. The van der Waals surface area contributed by atoms with Gasteiger partial charge in [-0.25, -0.2) is 4.79 Å². The molecule has 1 aromatic rings. The van der Waals surface area contributed by atoms with Gasteiger partial charge >= 0.3 is 41.8 Å². The number of nitrogens with zero attached hydrogens (tertiary/aromatic N) is 1. The van der Waals surface area contributed by atoms with Crippen LogP contribution in [0, 0.1) is 22.7 Å². The Morgan fingerprint density at radius 3 is 1.76 bits per heavy atom. The highest BCUT2D eigenvalue weighted by molar-refractivity contribution is 5.80. The normalized spacial score (nSPS) is 29.9. The van der Waals surface area contributed by atoms with E-state index in [9.17, 15) is 33.6 Å². The number of benzene rings is 1. The molecule has 318 valence electrons. The molecule has 58 heavy (non-hydrogen) atoms. The highest BCUT2D eigenvalue weighted by atomic mass is 16.6. The number of hydrogen-bond donors (Lipinski definition) is 0. The Morgan fingerprint density at radius 1 is 0.707 bits per heavy atom. The molecular weight excluding hydrogens is 754 g/mol. The van der Waals surface area contributed by atoms with E-state index < -0.39 is 113 Å². The largest absolute Gasteiger partial charge is 0.462 e. The first kappa shape index (κ1) is 45.6. The van der Waals surface area contributed by atoms with E-state index in [0.717, 1.165) is 0 Å². The van der Waals surface area contributed by atoms with Gasteiger partial charge in [-0.05, 0) is 55.1 Å². The van der Waals surface area contributed by atoms with E-state index in [2.05, 4.69) is 6.58 Å². The Labute approximate surface area is 339 Å². The van der Waals surface area contributed by atoms with Crippen molar-refractivity contribution in [3.8, 4) is 0 Å². The van der Waals surface area contributed by atoms with Crippen LogP contribution in [0.3, 0.4) is 0 Å². The van der Waals surface area contributed by atoms with Crippen LogP contribution in [0.25, 0.3) is 0 Å². The predicted octanol–water partition coefficient (Wildman–Crippen LogP) is 4.75. The van der Waals surface area contributed by atoms with Crippen molar-refractivity contribution >= 4 is 41.8 Å². The Bertz CT molecular complexity index is 1830. The lowest BCUT2D eigenvalue weighted by atomic mass is 9.48. The van der Waals surface area contributed by atoms with Gasteiger partial charge in [-0.15, -0.1) is 0 Å². The molecule has 0 amide bonds. The van der Waals surface area contributed by atoms with Gasteiger partial charge in [0, 0.05) is 59.8 Å². The van der Waals surface area contributed by atoms with Crippen LogP contribution in [0.5, 0.6) is 0 Å². The summed E-state index contributed by atoms with van der Waals surface area (Å²) in [6.45, 7) is 18.8. The fourth-order valence-corrected chi connectivity index (χ4v) is 9.62. The van der Waals surface area contributed by atoms with Crippen molar-refractivity contribution in [2.75, 3.05) is 14.1 Å². The van der Waals surface area contributed by atoms with E-state index in [1.165, 1.54) is 41.5 Å². The molecule has 2 unspecified atom stereocenters. The van der Waals surface area contributed by atoms with Gasteiger partial charge < -0.3 is 33.2 Å². The first-order chi connectivity index (χ1) is 26.9. The number of carbonyl (C=O) groups is 7. The van der Waals surface area contributed by atoms with Crippen molar-refractivity contribution < 1.29 is 66.7 Å². The molecule has 15 heteroatoms. The minimum atomic E-state index is -1.60. The van der Waals surface area contributed by atoms with Gasteiger partial charge in [-0.2, -0.15) is 0 Å². The average molecular weight is 812 g/mol. The number of rotatable bonds is 11. The van der Waals surface area contributed by atoms with Gasteiger partial charge in [0.15, 0.2) is 12.2 Å². The molecule has 2 saturated carbocycles. The molecule has 1 aromatic carbocycles.